The predicted molar refractivity (Wildman–Crippen MR) is 87.4 cm³/mol. The Bertz CT molecular complexity index is 528. The first-order valence-corrected chi connectivity index (χ1v) is 11.3. The van der Waals surface area contributed by atoms with Gasteiger partial charge in [0.2, 0.25) is 0 Å². The van der Waals surface area contributed by atoms with E-state index in [2.05, 4.69) is 77.2 Å². The largest absolute Gasteiger partial charge is 1.00 e. The second-order valence-electron chi connectivity index (χ2n) is 5.94. The quantitative estimate of drug-likeness (QED) is 0.408. The fourth-order valence-electron chi connectivity index (χ4n) is 3.38. The molecule has 1 aromatic rings. The van der Waals surface area contributed by atoms with Gasteiger partial charge in [-0.1, -0.05) is 0 Å². The van der Waals surface area contributed by atoms with Gasteiger partial charge < -0.3 is 37.2 Å². The molecule has 23 heavy (non-hydrogen) atoms. The molecule has 1 aliphatic carbocycles. The van der Waals surface area contributed by atoms with Crippen LogP contribution in [-0.4, -0.2) is 8.07 Å². The summed E-state index contributed by atoms with van der Waals surface area (Å²) in [5.41, 5.74) is 1.64. The van der Waals surface area contributed by atoms with E-state index in [-0.39, 0.29) is 37.2 Å². The number of halogens is 3. The second-order valence-corrected chi connectivity index (χ2v) is 11.1. The molecule has 1 aliphatic rings. The van der Waals surface area contributed by atoms with Gasteiger partial charge in [0.1, 0.15) is 0 Å². The van der Waals surface area contributed by atoms with E-state index in [1.54, 1.807) is 19.8 Å². The summed E-state index contributed by atoms with van der Waals surface area (Å²) >= 11 is 2.36. The van der Waals surface area contributed by atoms with Crippen LogP contribution in [-0.2, 0) is 20.4 Å². The van der Waals surface area contributed by atoms with Crippen molar-refractivity contribution in [2.75, 3.05) is 0 Å². The molecule has 0 aliphatic heterocycles. The Morgan fingerprint density at radius 3 is 2.17 bits per heavy atom. The Kier molecular flexibility index (Phi) is 13.4. The Hall–Kier alpha value is 0.501. The number of unbranched alkanes of at least 4 members (excludes halogenated alkanes) is 1. The first kappa shape index (κ1) is 25.7. The molecular formula is C18H25Cl3SiTi. The van der Waals surface area contributed by atoms with E-state index in [1.807, 2.05) is 0 Å². The summed E-state index contributed by atoms with van der Waals surface area (Å²) in [6.07, 6.45) is 7.50. The Balaban J connectivity index is 0. The summed E-state index contributed by atoms with van der Waals surface area (Å²) in [6, 6.07) is 12.7. The molecule has 0 bridgehead atoms. The first-order valence-electron chi connectivity index (χ1n) is 7.83. The van der Waals surface area contributed by atoms with Crippen LogP contribution in [0, 0.1) is 0 Å². The van der Waals surface area contributed by atoms with Gasteiger partial charge in [0, 0.05) is 0 Å². The average Bonchev–Trinajstić information content (AvgIpc) is 2.87. The molecule has 0 aromatic heterocycles. The van der Waals surface area contributed by atoms with Crippen molar-refractivity contribution in [2.45, 2.75) is 52.1 Å². The van der Waals surface area contributed by atoms with Crippen LogP contribution in [0.3, 0.4) is 0 Å². The van der Waals surface area contributed by atoms with Crippen molar-refractivity contribution in [3.8, 4) is 0 Å². The van der Waals surface area contributed by atoms with E-state index >= 15 is 0 Å². The fraction of sp³-hybridized carbons (Fsp3) is 0.444. The van der Waals surface area contributed by atoms with Crippen LogP contribution < -0.4 is 42.4 Å². The zero-order valence-electron chi connectivity index (χ0n) is 14.1. The number of allylic oxidation sites excluding steroid dienone is 4. The van der Waals surface area contributed by atoms with Crippen LogP contribution in [0.4, 0.5) is 0 Å². The van der Waals surface area contributed by atoms with Gasteiger partial charge in [-0.3, -0.25) is 0 Å². The van der Waals surface area contributed by atoms with Gasteiger partial charge in [-0.05, 0) is 0 Å². The molecule has 1 unspecified atom stereocenters. The van der Waals surface area contributed by atoms with Crippen molar-refractivity contribution in [3.63, 3.8) is 0 Å². The van der Waals surface area contributed by atoms with Crippen LogP contribution >= 0.6 is 0 Å². The molecule has 5 heteroatoms. The Labute approximate surface area is 173 Å². The molecule has 0 fully saturated rings. The Morgan fingerprint density at radius 2 is 1.65 bits per heavy atom. The van der Waals surface area contributed by atoms with E-state index in [0.29, 0.717) is 0 Å². The van der Waals surface area contributed by atoms with Crippen LogP contribution in [0.1, 0.15) is 39.5 Å². The van der Waals surface area contributed by atoms with Gasteiger partial charge >= 0.3 is 137 Å². The van der Waals surface area contributed by atoms with Gasteiger partial charge in [0.15, 0.2) is 0 Å². The van der Waals surface area contributed by atoms with E-state index in [0.717, 1.165) is 0 Å². The third-order valence-electron chi connectivity index (χ3n) is 4.55. The van der Waals surface area contributed by atoms with Gasteiger partial charge in [-0.25, -0.2) is 0 Å². The summed E-state index contributed by atoms with van der Waals surface area (Å²) in [7, 11) is -1.55. The summed E-state index contributed by atoms with van der Waals surface area (Å²) in [4.78, 5) is 0. The fourth-order valence-corrected chi connectivity index (χ4v) is 9.66. The maximum Gasteiger partial charge on any atom is -1.00 e. The maximum absolute atomic E-state index is 2.59. The molecule has 0 saturated heterocycles. The monoisotopic (exact) mass is 422 g/mol. The molecule has 1 atom stereocenters. The molecule has 2 rings (SSSR count). The van der Waals surface area contributed by atoms with E-state index < -0.39 is 8.07 Å². The maximum atomic E-state index is 2.59. The van der Waals surface area contributed by atoms with Crippen molar-refractivity contribution in [1.29, 1.82) is 0 Å². The van der Waals surface area contributed by atoms with Crippen LogP contribution in [0.5, 0.6) is 0 Å². The molecule has 0 saturated carbocycles. The minimum atomic E-state index is -1.55. The van der Waals surface area contributed by atoms with Crippen LogP contribution in [0.2, 0.25) is 12.6 Å². The molecule has 0 nitrogen and oxygen atoms in total. The Morgan fingerprint density at radius 1 is 1.04 bits per heavy atom. The predicted octanol–water partition coefficient (Wildman–Crippen LogP) is -4.14. The van der Waals surface area contributed by atoms with E-state index in [4.69, 9.17) is 0 Å². The standard InChI is InChI=1S/C18H25Si.3ClH.Ti/c1-4-6-15-19(3,17-12-8-7-9-13-17)18-14-10-11-16(18)5-2;;;;/h7-9,11-13H,4-6,10,15H2,1-3H3;3*1H;/q;;;;+3/p-3. The van der Waals surface area contributed by atoms with Gasteiger partial charge in [-0.15, -0.1) is 0 Å². The molecule has 0 radical (unpaired) electrons. The summed E-state index contributed by atoms with van der Waals surface area (Å²) in [5, 5.41) is 3.38. The van der Waals surface area contributed by atoms with Crippen LogP contribution in [0.25, 0.3) is 0 Å². The van der Waals surface area contributed by atoms with Crippen molar-refractivity contribution >= 4 is 13.3 Å². The minimum absolute atomic E-state index is 0. The SMILES string of the molecule is CCCC[Si](C)(C1=[C]([Ti+3])CC=C1CC)c1ccccc1.[Cl-].[Cl-].[Cl-]. The topological polar surface area (TPSA) is 0 Å². The third-order valence-corrected chi connectivity index (χ3v) is 10.3. The first-order chi connectivity index (χ1) is 9.63. The zero-order chi connectivity index (χ0) is 14.6. The van der Waals surface area contributed by atoms with Gasteiger partial charge in [0.25, 0.3) is 0 Å². The summed E-state index contributed by atoms with van der Waals surface area (Å²) in [6.45, 7) is 7.21. The summed E-state index contributed by atoms with van der Waals surface area (Å²) < 4.78 is 1.64. The number of benzene rings is 1. The number of rotatable bonds is 6. The average molecular weight is 424 g/mol. The summed E-state index contributed by atoms with van der Waals surface area (Å²) in [5.74, 6) is 0. The molecule has 1 aromatic carbocycles. The minimum Gasteiger partial charge on any atom is -1.00 e. The molecular weight excluding hydrogens is 399 g/mol. The molecule has 126 valence electrons. The van der Waals surface area contributed by atoms with Crippen LogP contribution in [0.15, 0.2) is 51.1 Å². The third kappa shape index (κ3) is 5.77. The van der Waals surface area contributed by atoms with E-state index in [9.17, 15) is 0 Å². The molecule has 0 spiro atoms. The van der Waals surface area contributed by atoms with Crippen molar-refractivity contribution in [3.05, 3.63) is 51.1 Å². The molecule has 0 heterocycles. The molecule has 0 amide bonds. The number of hydrogen-bond acceptors (Lipinski definition) is 0. The smallest absolute Gasteiger partial charge is 1.00 e. The van der Waals surface area contributed by atoms with Gasteiger partial charge in [-0.2, -0.15) is 0 Å². The van der Waals surface area contributed by atoms with Gasteiger partial charge in [0.05, 0.1) is 0 Å². The number of hydrogen-bond donors (Lipinski definition) is 0. The zero-order valence-corrected chi connectivity index (χ0v) is 19.0. The second kappa shape index (κ2) is 12.0. The van der Waals surface area contributed by atoms with Crippen molar-refractivity contribution in [2.24, 2.45) is 0 Å². The van der Waals surface area contributed by atoms with Crippen molar-refractivity contribution in [1.82, 2.24) is 0 Å². The normalized spacial score (nSPS) is 15.8. The van der Waals surface area contributed by atoms with E-state index in [1.165, 1.54) is 31.7 Å². The van der Waals surface area contributed by atoms with Crippen molar-refractivity contribution < 1.29 is 57.7 Å². The molecule has 0 N–H and O–H groups in total.